The summed E-state index contributed by atoms with van der Waals surface area (Å²) >= 11 is 2.03. The molecule has 2 saturated heterocycles. The number of nitrogens with zero attached hydrogens (tertiary/aromatic N) is 3. The molecule has 1 aromatic heterocycles. The van der Waals surface area contributed by atoms with Crippen molar-refractivity contribution in [2.75, 3.05) is 16.9 Å². The van der Waals surface area contributed by atoms with Gasteiger partial charge in [0.25, 0.3) is 0 Å². The minimum atomic E-state index is -1.21. The number of anilines is 2. The zero-order valence-electron chi connectivity index (χ0n) is 28.2. The van der Waals surface area contributed by atoms with Gasteiger partial charge in [-0.3, -0.25) is 24.1 Å². The van der Waals surface area contributed by atoms with Gasteiger partial charge in [0.1, 0.15) is 5.52 Å². The Bertz CT molecular complexity index is 2340. The van der Waals surface area contributed by atoms with Crippen LogP contribution in [0.3, 0.4) is 0 Å². The first kappa shape index (κ1) is 32.6. The smallest absolute Gasteiger partial charge is 0.241 e. The Morgan fingerprint density at radius 3 is 2.31 bits per heavy atom. The predicted molar refractivity (Wildman–Crippen MR) is 200 cm³/mol. The van der Waals surface area contributed by atoms with Crippen molar-refractivity contribution in [2.45, 2.75) is 25.7 Å². The molecule has 3 heterocycles. The minimum absolute atomic E-state index is 0.0207. The highest BCUT2D eigenvalue weighted by molar-refractivity contribution is 14.1. The average Bonchev–Trinajstić information content (AvgIpc) is 3.76. The highest BCUT2D eigenvalue weighted by atomic mass is 127. The molecule has 0 spiro atoms. The van der Waals surface area contributed by atoms with E-state index in [2.05, 4.69) is 4.98 Å². The fraction of sp³-hybridized carbons (Fsp3) is 0.244. The number of rotatable bonds is 5. The van der Waals surface area contributed by atoms with Crippen LogP contribution >= 0.6 is 22.6 Å². The third-order valence-corrected chi connectivity index (χ3v) is 12.4. The summed E-state index contributed by atoms with van der Waals surface area (Å²) in [6.45, 7) is 1.84. The highest BCUT2D eigenvalue weighted by Gasteiger charge is 2.67. The molecule has 9 rings (SSSR count). The van der Waals surface area contributed by atoms with Crippen LogP contribution in [0, 0.1) is 32.7 Å². The van der Waals surface area contributed by atoms with Gasteiger partial charge in [0.05, 0.1) is 45.2 Å². The van der Waals surface area contributed by atoms with Gasteiger partial charge in [-0.1, -0.05) is 42.0 Å². The first-order chi connectivity index (χ1) is 25.1. The van der Waals surface area contributed by atoms with Crippen LogP contribution in [0.25, 0.3) is 22.6 Å². The summed E-state index contributed by atoms with van der Waals surface area (Å²) in [5, 5.41) is 10.8. The van der Waals surface area contributed by atoms with Crippen LogP contribution < -0.4 is 14.5 Å². The number of allylic oxidation sites excluding steroid dienone is 2. The van der Waals surface area contributed by atoms with E-state index in [0.29, 0.717) is 44.0 Å². The number of phenols is 1. The van der Waals surface area contributed by atoms with Crippen molar-refractivity contribution in [1.82, 2.24) is 4.98 Å². The predicted octanol–water partition coefficient (Wildman–Crippen LogP) is 7.25. The molecule has 2 aliphatic heterocycles. The van der Waals surface area contributed by atoms with Crippen molar-refractivity contribution < 1.29 is 33.4 Å². The molecule has 52 heavy (non-hydrogen) atoms. The van der Waals surface area contributed by atoms with Gasteiger partial charge < -0.3 is 14.3 Å². The Labute approximate surface area is 312 Å². The molecule has 11 heteroatoms. The van der Waals surface area contributed by atoms with Gasteiger partial charge in [-0.25, -0.2) is 9.88 Å². The van der Waals surface area contributed by atoms with Crippen LogP contribution in [-0.4, -0.2) is 40.8 Å². The molecule has 1 saturated carbocycles. The van der Waals surface area contributed by atoms with Crippen molar-refractivity contribution in [3.05, 3.63) is 112 Å². The van der Waals surface area contributed by atoms with Gasteiger partial charge >= 0.3 is 0 Å². The number of amides is 4. The van der Waals surface area contributed by atoms with Gasteiger partial charge in [0, 0.05) is 11.5 Å². The molecule has 6 atom stereocenters. The van der Waals surface area contributed by atoms with Gasteiger partial charge in [0.2, 0.25) is 29.5 Å². The lowest BCUT2D eigenvalue weighted by atomic mass is 9.51. The summed E-state index contributed by atoms with van der Waals surface area (Å²) in [5.41, 5.74) is 3.38. The number of aromatic nitrogens is 1. The lowest BCUT2D eigenvalue weighted by Crippen LogP contribution is -2.48. The Hall–Kier alpha value is -5.30. The van der Waals surface area contributed by atoms with E-state index in [4.69, 9.17) is 9.15 Å². The van der Waals surface area contributed by atoms with Gasteiger partial charge in [-0.2, -0.15) is 0 Å². The first-order valence-corrected chi connectivity index (χ1v) is 18.2. The molecular formula is C41H32IN3O7. The molecule has 0 bridgehead atoms. The number of imide groups is 2. The molecule has 260 valence electrons. The van der Waals surface area contributed by atoms with Crippen LogP contribution in [0.2, 0.25) is 0 Å². The molecular weight excluding hydrogens is 773 g/mol. The number of halogens is 1. The highest BCUT2D eigenvalue weighted by Crippen LogP contribution is 2.64. The summed E-state index contributed by atoms with van der Waals surface area (Å²) in [4.78, 5) is 64.9. The Balaban J connectivity index is 1.11. The second-order valence-corrected chi connectivity index (χ2v) is 15.3. The molecule has 3 fully saturated rings. The summed E-state index contributed by atoms with van der Waals surface area (Å²) in [6.07, 6.45) is 2.56. The zero-order chi connectivity index (χ0) is 36.1. The molecule has 4 aromatic carbocycles. The maximum absolute atomic E-state index is 14.7. The number of fused-ring (bicyclic) bond motifs is 5. The van der Waals surface area contributed by atoms with Crippen molar-refractivity contribution in [3.8, 4) is 23.0 Å². The number of benzene rings is 4. The number of hydrogen-bond donors (Lipinski definition) is 1. The Morgan fingerprint density at radius 1 is 0.865 bits per heavy atom. The van der Waals surface area contributed by atoms with Crippen LogP contribution in [0.4, 0.5) is 11.4 Å². The quantitative estimate of drug-likeness (QED) is 0.112. The maximum Gasteiger partial charge on any atom is 0.241 e. The van der Waals surface area contributed by atoms with E-state index >= 15 is 0 Å². The van der Waals surface area contributed by atoms with Crippen molar-refractivity contribution in [1.29, 1.82) is 0 Å². The van der Waals surface area contributed by atoms with Crippen molar-refractivity contribution in [3.63, 3.8) is 0 Å². The van der Waals surface area contributed by atoms with E-state index < -0.39 is 35.0 Å². The lowest BCUT2D eigenvalue weighted by molar-refractivity contribution is -0.131. The summed E-state index contributed by atoms with van der Waals surface area (Å²) in [7, 11) is 1.46. The largest absolute Gasteiger partial charge is 0.504 e. The molecule has 1 N–H and O–H groups in total. The summed E-state index contributed by atoms with van der Waals surface area (Å²) in [5.74, 6) is -3.80. The second kappa shape index (κ2) is 11.9. The SMILES string of the molecule is COc1cc(C2C3=CCC4C(=O)N(c5ccc(-c6nc7ccccc7o6)cc5)C(=O)C4C3CC3C(=O)N(c4ccccc4)C(=O)C32C)cc(I)c1O. The molecule has 2 aliphatic carbocycles. The number of phenolic OH excluding ortho intramolecular Hbond substituents is 1. The lowest BCUT2D eigenvalue weighted by Gasteiger charge is -2.49. The van der Waals surface area contributed by atoms with E-state index in [9.17, 15) is 24.3 Å². The normalized spacial score (nSPS) is 26.8. The van der Waals surface area contributed by atoms with Crippen molar-refractivity contribution >= 4 is 68.7 Å². The molecule has 5 aromatic rings. The van der Waals surface area contributed by atoms with E-state index in [-0.39, 0.29) is 41.5 Å². The van der Waals surface area contributed by atoms with Crippen molar-refractivity contribution in [2.24, 2.45) is 29.1 Å². The topological polar surface area (TPSA) is 130 Å². The summed E-state index contributed by atoms with van der Waals surface area (Å²) in [6, 6.07) is 26.9. The number of carbonyl (C=O) groups is 4. The van der Waals surface area contributed by atoms with Crippen LogP contribution in [0.15, 0.2) is 107 Å². The van der Waals surface area contributed by atoms with Crippen LogP contribution in [0.5, 0.6) is 11.5 Å². The molecule has 10 nitrogen and oxygen atoms in total. The molecule has 6 unspecified atom stereocenters. The summed E-state index contributed by atoms with van der Waals surface area (Å²) < 4.78 is 12.0. The van der Waals surface area contributed by atoms with Gasteiger partial charge in [-0.05, 0) is 115 Å². The molecule has 4 amide bonds. The number of ether oxygens (including phenoxy) is 1. The Morgan fingerprint density at radius 2 is 1.58 bits per heavy atom. The minimum Gasteiger partial charge on any atom is -0.504 e. The van der Waals surface area contributed by atoms with Crippen LogP contribution in [0.1, 0.15) is 31.2 Å². The maximum atomic E-state index is 14.7. The van der Waals surface area contributed by atoms with E-state index in [1.54, 1.807) is 54.6 Å². The number of aromatic hydroxyl groups is 1. The standard InChI is InChI=1S/C41H32IN3O7/c1-41-28(38(48)45(40(41)50)23-8-4-3-5-9-23)20-27-25(34(41)22-18-29(42)35(46)32(19-22)51-2)16-17-26-33(27)39(49)44(37(26)47)24-14-12-21(13-15-24)36-43-30-10-6-7-11-31(30)52-36/h3-16,18-19,26-28,33-34,46H,17,20H2,1-2H3. The van der Waals surface area contributed by atoms with E-state index in [0.717, 1.165) is 11.1 Å². The Kier molecular flexibility index (Phi) is 7.44. The third-order valence-electron chi connectivity index (χ3n) is 11.6. The third kappa shape index (κ3) is 4.57. The monoisotopic (exact) mass is 805 g/mol. The molecule has 4 aliphatic rings. The number of oxazole rings is 1. The number of para-hydroxylation sites is 3. The average molecular weight is 806 g/mol. The van der Waals surface area contributed by atoms with Gasteiger partial charge in [0.15, 0.2) is 17.1 Å². The van der Waals surface area contributed by atoms with E-state index in [1.165, 1.54) is 16.9 Å². The number of methoxy groups -OCH3 is 1. The zero-order valence-corrected chi connectivity index (χ0v) is 30.3. The van der Waals surface area contributed by atoms with E-state index in [1.807, 2.05) is 72.0 Å². The number of carbonyl (C=O) groups excluding carboxylic acids is 4. The first-order valence-electron chi connectivity index (χ1n) is 17.2. The van der Waals surface area contributed by atoms with Crippen LogP contribution in [-0.2, 0) is 19.2 Å². The molecule has 0 radical (unpaired) electrons. The fourth-order valence-electron chi connectivity index (χ4n) is 9.14. The number of hydrogen-bond acceptors (Lipinski definition) is 8. The van der Waals surface area contributed by atoms with Gasteiger partial charge in [-0.15, -0.1) is 0 Å². The fourth-order valence-corrected chi connectivity index (χ4v) is 9.76. The second-order valence-electron chi connectivity index (χ2n) is 14.1.